The second-order valence-electron chi connectivity index (χ2n) is 8.96. The summed E-state index contributed by atoms with van der Waals surface area (Å²) < 4.78 is 8.80. The summed E-state index contributed by atoms with van der Waals surface area (Å²) in [4.78, 5) is 0. The third-order valence-electron chi connectivity index (χ3n) is 6.03. The fraction of sp³-hybridized carbons (Fsp3) is 0.704. The Morgan fingerprint density at radius 1 is 0.677 bits per heavy atom. The quantitative estimate of drug-likeness (QED) is 0.263. The molecule has 3 nitrogen and oxygen atoms in total. The largest absolute Gasteiger partial charge is 0.323 e. The van der Waals surface area contributed by atoms with E-state index in [2.05, 4.69) is 93.0 Å². The summed E-state index contributed by atoms with van der Waals surface area (Å²) in [6, 6.07) is 9.45. The van der Waals surface area contributed by atoms with Crippen molar-refractivity contribution in [1.29, 1.82) is 0 Å². The summed E-state index contributed by atoms with van der Waals surface area (Å²) in [6.07, 6.45) is 7.21. The zero-order valence-corrected chi connectivity index (χ0v) is 22.8. The molecule has 0 N–H and O–H groups in total. The van der Waals surface area contributed by atoms with Crippen molar-refractivity contribution in [1.82, 2.24) is 13.7 Å². The highest BCUT2D eigenvalue weighted by molar-refractivity contribution is 6.84. The highest BCUT2D eigenvalue weighted by atomic mass is 28.4. The molecule has 1 rings (SSSR count). The molecule has 1 aromatic rings. The third kappa shape index (κ3) is 7.02. The molecule has 0 spiro atoms. The van der Waals surface area contributed by atoms with E-state index in [9.17, 15) is 0 Å². The zero-order valence-electron chi connectivity index (χ0n) is 21.8. The normalized spacial score (nSPS) is 12.3. The maximum atomic E-state index is 4.28. The zero-order chi connectivity index (χ0) is 23.3. The molecule has 0 saturated carbocycles. The Hall–Kier alpha value is -0.943. The van der Waals surface area contributed by atoms with Crippen LogP contribution >= 0.6 is 0 Å². The molecule has 4 heteroatoms. The third-order valence-corrected chi connectivity index (χ3v) is 11.1. The van der Waals surface area contributed by atoms with Crippen LogP contribution in [0.1, 0.15) is 92.6 Å². The van der Waals surface area contributed by atoms with E-state index in [0.29, 0.717) is 0 Å². The van der Waals surface area contributed by atoms with Gasteiger partial charge in [0.05, 0.1) is 0 Å². The molecule has 0 aliphatic heterocycles. The van der Waals surface area contributed by atoms with E-state index in [1.54, 1.807) is 5.19 Å². The van der Waals surface area contributed by atoms with Crippen LogP contribution in [0, 0.1) is 0 Å². The van der Waals surface area contributed by atoms with Crippen LogP contribution in [0.2, 0.25) is 0 Å². The van der Waals surface area contributed by atoms with Crippen molar-refractivity contribution in [2.45, 2.75) is 87.0 Å². The Kier molecular flexibility index (Phi) is 13.6. The smallest absolute Gasteiger partial charge is 0.296 e. The molecule has 178 valence electrons. The number of nitrogens with zero attached hydrogens (tertiary/aromatic N) is 3. The lowest BCUT2D eigenvalue weighted by atomic mass is 10.1. The van der Waals surface area contributed by atoms with Crippen LogP contribution in [0.4, 0.5) is 0 Å². The summed E-state index contributed by atoms with van der Waals surface area (Å²) >= 11 is 0. The van der Waals surface area contributed by atoms with Gasteiger partial charge < -0.3 is 0 Å². The van der Waals surface area contributed by atoms with Gasteiger partial charge in [0.1, 0.15) is 0 Å². The maximum Gasteiger partial charge on any atom is 0.323 e. The van der Waals surface area contributed by atoms with E-state index in [1.807, 2.05) is 0 Å². The van der Waals surface area contributed by atoms with E-state index in [0.717, 1.165) is 5.57 Å². The first-order valence-corrected chi connectivity index (χ1v) is 14.8. The summed E-state index contributed by atoms with van der Waals surface area (Å²) in [5, 5.41) is 1.55. The van der Waals surface area contributed by atoms with Crippen molar-refractivity contribution >= 4 is 19.3 Å². The van der Waals surface area contributed by atoms with Crippen LogP contribution in [0.3, 0.4) is 0 Å². The van der Waals surface area contributed by atoms with Crippen LogP contribution in [-0.4, -0.2) is 61.5 Å². The van der Waals surface area contributed by atoms with Gasteiger partial charge in [0.25, 0.3) is 0 Å². The van der Waals surface area contributed by atoms with Gasteiger partial charge in [-0.3, -0.25) is 13.7 Å². The van der Waals surface area contributed by atoms with Crippen molar-refractivity contribution in [3.05, 3.63) is 36.4 Å². The second kappa shape index (κ2) is 15.0. The van der Waals surface area contributed by atoms with Crippen LogP contribution in [0.15, 0.2) is 30.8 Å². The predicted octanol–water partition coefficient (Wildman–Crippen LogP) is 6.23. The van der Waals surface area contributed by atoms with Gasteiger partial charge in [-0.25, -0.2) is 0 Å². The predicted molar refractivity (Wildman–Crippen MR) is 143 cm³/mol. The average Bonchev–Trinajstić information content (AvgIpc) is 2.75. The summed E-state index contributed by atoms with van der Waals surface area (Å²) in [5.74, 6) is 0. The van der Waals surface area contributed by atoms with Crippen molar-refractivity contribution < 1.29 is 0 Å². The maximum absolute atomic E-state index is 4.28. The van der Waals surface area contributed by atoms with Gasteiger partial charge in [-0.05, 0) is 95.5 Å². The van der Waals surface area contributed by atoms with Gasteiger partial charge in [0.15, 0.2) is 0 Å². The molecular formula is C27H51N3Si. The molecule has 0 fully saturated rings. The van der Waals surface area contributed by atoms with Crippen LogP contribution in [0.25, 0.3) is 5.57 Å². The summed E-state index contributed by atoms with van der Waals surface area (Å²) in [7, 11) is -2.30. The lowest BCUT2D eigenvalue weighted by Gasteiger charge is -2.54. The molecule has 0 atom stereocenters. The number of hydrogen-bond acceptors (Lipinski definition) is 3. The van der Waals surface area contributed by atoms with E-state index >= 15 is 0 Å². The first-order chi connectivity index (χ1) is 15.0. The minimum atomic E-state index is -2.30. The molecule has 0 unspecified atom stereocenters. The van der Waals surface area contributed by atoms with E-state index in [4.69, 9.17) is 0 Å². The Balaban J connectivity index is 3.95. The van der Waals surface area contributed by atoms with E-state index < -0.39 is 8.56 Å². The van der Waals surface area contributed by atoms with Gasteiger partial charge in [0.2, 0.25) is 0 Å². The molecule has 0 radical (unpaired) electrons. The van der Waals surface area contributed by atoms with Crippen LogP contribution < -0.4 is 5.19 Å². The van der Waals surface area contributed by atoms with Crippen LogP contribution in [0.5, 0.6) is 0 Å². The SMILES string of the molecule is C=C(C)c1cccc([Si](N(CCC)CCC)(N(CCC)CCC)N(CCC)CCC)c1. The Morgan fingerprint density at radius 2 is 1.03 bits per heavy atom. The number of rotatable bonds is 17. The molecule has 31 heavy (non-hydrogen) atoms. The average molecular weight is 446 g/mol. The van der Waals surface area contributed by atoms with Gasteiger partial charge in [-0.2, -0.15) is 0 Å². The lowest BCUT2D eigenvalue weighted by Crippen LogP contribution is -2.82. The Labute approximate surface area is 195 Å². The lowest BCUT2D eigenvalue weighted by molar-refractivity contribution is 0.244. The number of allylic oxidation sites excluding steroid dienone is 1. The highest BCUT2D eigenvalue weighted by Gasteiger charge is 2.51. The molecule has 0 saturated heterocycles. The van der Waals surface area contributed by atoms with Gasteiger partial charge in [0, 0.05) is 0 Å². The van der Waals surface area contributed by atoms with Gasteiger partial charge in [-0.1, -0.05) is 78.0 Å². The first-order valence-electron chi connectivity index (χ1n) is 13.0. The topological polar surface area (TPSA) is 9.72 Å². The van der Waals surface area contributed by atoms with Crippen molar-refractivity contribution in [2.75, 3.05) is 39.3 Å². The number of hydrogen-bond donors (Lipinski definition) is 0. The monoisotopic (exact) mass is 445 g/mol. The second-order valence-corrected chi connectivity index (χ2v) is 12.7. The van der Waals surface area contributed by atoms with Crippen molar-refractivity contribution in [2.24, 2.45) is 0 Å². The van der Waals surface area contributed by atoms with Crippen LogP contribution in [-0.2, 0) is 0 Å². The summed E-state index contributed by atoms with van der Waals surface area (Å²) in [5.41, 5.74) is 2.46. The minimum Gasteiger partial charge on any atom is -0.296 e. The van der Waals surface area contributed by atoms with Gasteiger partial charge in [-0.15, -0.1) is 0 Å². The molecule has 0 bridgehead atoms. The fourth-order valence-electron chi connectivity index (χ4n) is 5.03. The Morgan fingerprint density at radius 3 is 1.32 bits per heavy atom. The van der Waals surface area contributed by atoms with E-state index in [-0.39, 0.29) is 0 Å². The molecule has 1 aromatic carbocycles. The molecular weight excluding hydrogens is 394 g/mol. The summed E-state index contributed by atoms with van der Waals surface area (Å²) in [6.45, 7) is 27.5. The first kappa shape index (κ1) is 28.1. The molecule has 0 aromatic heterocycles. The van der Waals surface area contributed by atoms with E-state index in [1.165, 1.54) is 83.4 Å². The van der Waals surface area contributed by atoms with Gasteiger partial charge >= 0.3 is 8.56 Å². The Bertz CT molecular complexity index is 572. The van der Waals surface area contributed by atoms with Crippen molar-refractivity contribution in [3.63, 3.8) is 0 Å². The van der Waals surface area contributed by atoms with Crippen molar-refractivity contribution in [3.8, 4) is 0 Å². The highest BCUT2D eigenvalue weighted by Crippen LogP contribution is 2.25. The molecule has 0 heterocycles. The fourth-order valence-corrected chi connectivity index (χ4v) is 11.2. The molecule has 0 aliphatic carbocycles. The number of benzene rings is 1. The molecule has 0 amide bonds. The minimum absolute atomic E-state index is 1.16. The molecule has 0 aliphatic rings. The standard InChI is InChI=1S/C27H51N3Si/c1-9-18-28(19-10-2)31(29(20-11-3)21-12-4,30(22-13-5)23-14-6)27-17-15-16-26(24-27)25(7)8/h15-17,24H,7,9-14,18-23H2,1-6,8H3.